The lowest BCUT2D eigenvalue weighted by Crippen LogP contribution is -2.37. The van der Waals surface area contributed by atoms with Gasteiger partial charge in [0.1, 0.15) is 0 Å². The fraction of sp³-hybridized carbons (Fsp3) is 0.429. The summed E-state index contributed by atoms with van der Waals surface area (Å²) < 4.78 is 10.4. The van der Waals surface area contributed by atoms with Crippen molar-refractivity contribution in [1.29, 1.82) is 0 Å². The summed E-state index contributed by atoms with van der Waals surface area (Å²) in [4.78, 5) is 25.2. The van der Waals surface area contributed by atoms with E-state index in [0.29, 0.717) is 35.1 Å². The van der Waals surface area contributed by atoms with Crippen molar-refractivity contribution in [1.82, 2.24) is 4.90 Å². The van der Waals surface area contributed by atoms with Crippen molar-refractivity contribution in [3.8, 4) is 11.5 Å². The fourth-order valence-electron chi connectivity index (χ4n) is 2.81. The van der Waals surface area contributed by atoms with Crippen LogP contribution in [0.15, 0.2) is 12.1 Å². The Kier molecular flexibility index (Phi) is 3.41. The molecule has 0 saturated carbocycles. The fourth-order valence-corrected chi connectivity index (χ4v) is 3.08. The molecule has 1 saturated heterocycles. The standard InChI is InChI=1S/C14H14ClNO5/c1-7-9(14(18)19)2-3-16(7)13(17)8-4-10(15)12-11(5-8)20-6-21-12/h4-5,7,9H,2-3,6H2,1H3,(H,18,19). The summed E-state index contributed by atoms with van der Waals surface area (Å²) in [6.07, 6.45) is 0.459. The first-order chi connectivity index (χ1) is 9.99. The number of rotatable bonds is 2. The van der Waals surface area contributed by atoms with Crippen LogP contribution in [-0.4, -0.2) is 41.3 Å². The summed E-state index contributed by atoms with van der Waals surface area (Å²) in [5, 5.41) is 9.44. The minimum absolute atomic E-state index is 0.0773. The number of nitrogens with zero attached hydrogens (tertiary/aromatic N) is 1. The zero-order chi connectivity index (χ0) is 15.1. The van der Waals surface area contributed by atoms with E-state index in [1.54, 1.807) is 17.9 Å². The van der Waals surface area contributed by atoms with Crippen molar-refractivity contribution < 1.29 is 24.2 Å². The third kappa shape index (κ3) is 2.29. The molecule has 1 amide bonds. The van der Waals surface area contributed by atoms with Gasteiger partial charge in [0, 0.05) is 18.2 Å². The Labute approximate surface area is 126 Å². The number of benzene rings is 1. The van der Waals surface area contributed by atoms with Gasteiger partial charge in [-0.3, -0.25) is 9.59 Å². The Morgan fingerprint density at radius 2 is 2.14 bits per heavy atom. The zero-order valence-corrected chi connectivity index (χ0v) is 12.1. The van der Waals surface area contributed by atoms with Crippen molar-refractivity contribution in [2.45, 2.75) is 19.4 Å². The summed E-state index contributed by atoms with van der Waals surface area (Å²) >= 11 is 6.07. The zero-order valence-electron chi connectivity index (χ0n) is 11.3. The first-order valence-electron chi connectivity index (χ1n) is 6.62. The molecule has 0 spiro atoms. The van der Waals surface area contributed by atoms with Crippen LogP contribution in [0.3, 0.4) is 0 Å². The quantitative estimate of drug-likeness (QED) is 0.904. The highest BCUT2D eigenvalue weighted by Gasteiger charge is 2.38. The van der Waals surface area contributed by atoms with Gasteiger partial charge in [-0.1, -0.05) is 11.6 Å². The normalized spacial score (nSPS) is 23.4. The van der Waals surface area contributed by atoms with E-state index in [-0.39, 0.29) is 18.7 Å². The molecule has 1 aromatic rings. The summed E-state index contributed by atoms with van der Waals surface area (Å²) in [7, 11) is 0. The number of likely N-dealkylation sites (tertiary alicyclic amines) is 1. The summed E-state index contributed by atoms with van der Waals surface area (Å²) in [5.41, 5.74) is 0.377. The molecule has 1 fully saturated rings. The molecule has 1 N–H and O–H groups in total. The molecule has 2 atom stereocenters. The molecule has 0 radical (unpaired) electrons. The lowest BCUT2D eigenvalue weighted by atomic mass is 10.0. The minimum atomic E-state index is -0.874. The van der Waals surface area contributed by atoms with Crippen molar-refractivity contribution in [3.05, 3.63) is 22.7 Å². The van der Waals surface area contributed by atoms with Gasteiger partial charge >= 0.3 is 5.97 Å². The second-order valence-electron chi connectivity index (χ2n) is 5.16. The Morgan fingerprint density at radius 3 is 2.81 bits per heavy atom. The van der Waals surface area contributed by atoms with Gasteiger partial charge in [-0.15, -0.1) is 0 Å². The van der Waals surface area contributed by atoms with Crippen LogP contribution < -0.4 is 9.47 Å². The number of hydrogen-bond donors (Lipinski definition) is 1. The minimum Gasteiger partial charge on any atom is -0.481 e. The second kappa shape index (κ2) is 5.11. The van der Waals surface area contributed by atoms with Crippen LogP contribution in [-0.2, 0) is 4.79 Å². The summed E-state index contributed by atoms with van der Waals surface area (Å²) in [6.45, 7) is 2.25. The average Bonchev–Trinajstić information content (AvgIpc) is 3.04. The van der Waals surface area contributed by atoms with E-state index in [0.717, 1.165) is 0 Å². The molecule has 2 heterocycles. The Bertz CT molecular complexity index is 618. The van der Waals surface area contributed by atoms with E-state index in [9.17, 15) is 9.59 Å². The number of halogens is 1. The van der Waals surface area contributed by atoms with E-state index < -0.39 is 11.9 Å². The monoisotopic (exact) mass is 311 g/mol. The predicted octanol–water partition coefficient (Wildman–Crippen LogP) is 2.00. The Hall–Kier alpha value is -1.95. The first kappa shape index (κ1) is 14.0. The van der Waals surface area contributed by atoms with E-state index >= 15 is 0 Å². The molecule has 2 unspecified atom stereocenters. The van der Waals surface area contributed by atoms with Crippen molar-refractivity contribution in [2.75, 3.05) is 13.3 Å². The first-order valence-corrected chi connectivity index (χ1v) is 6.99. The topological polar surface area (TPSA) is 76.1 Å². The van der Waals surface area contributed by atoms with E-state index in [1.165, 1.54) is 6.07 Å². The molecule has 0 bridgehead atoms. The Balaban J connectivity index is 1.87. The van der Waals surface area contributed by atoms with Crippen LogP contribution in [0.25, 0.3) is 0 Å². The van der Waals surface area contributed by atoms with Crippen LogP contribution in [0.4, 0.5) is 0 Å². The van der Waals surface area contributed by atoms with Gasteiger partial charge in [-0.2, -0.15) is 0 Å². The Morgan fingerprint density at radius 1 is 1.38 bits per heavy atom. The highest BCUT2D eigenvalue weighted by molar-refractivity contribution is 6.32. The molecular weight excluding hydrogens is 298 g/mol. The molecule has 2 aliphatic rings. The largest absolute Gasteiger partial charge is 0.481 e. The summed E-state index contributed by atoms with van der Waals surface area (Å²) in [6, 6.07) is 2.76. The van der Waals surface area contributed by atoms with Gasteiger partial charge in [0.2, 0.25) is 6.79 Å². The van der Waals surface area contributed by atoms with Gasteiger partial charge in [-0.05, 0) is 25.5 Å². The van der Waals surface area contributed by atoms with E-state index in [1.807, 2.05) is 0 Å². The highest BCUT2D eigenvalue weighted by atomic mass is 35.5. The predicted molar refractivity (Wildman–Crippen MR) is 73.8 cm³/mol. The lowest BCUT2D eigenvalue weighted by molar-refractivity contribution is -0.142. The number of carboxylic acids is 1. The number of carbonyl (C=O) groups excluding carboxylic acids is 1. The van der Waals surface area contributed by atoms with Gasteiger partial charge in [0.25, 0.3) is 5.91 Å². The third-order valence-electron chi connectivity index (χ3n) is 4.01. The number of fused-ring (bicyclic) bond motifs is 1. The van der Waals surface area contributed by atoms with E-state index in [2.05, 4.69) is 0 Å². The van der Waals surface area contributed by atoms with Crippen molar-refractivity contribution in [3.63, 3.8) is 0 Å². The van der Waals surface area contributed by atoms with Crippen molar-refractivity contribution >= 4 is 23.5 Å². The maximum Gasteiger partial charge on any atom is 0.308 e. The molecule has 0 aliphatic carbocycles. The second-order valence-corrected chi connectivity index (χ2v) is 5.57. The highest BCUT2D eigenvalue weighted by Crippen LogP contribution is 2.40. The molecule has 112 valence electrons. The molecule has 2 aliphatic heterocycles. The maximum absolute atomic E-state index is 12.6. The molecule has 0 aromatic heterocycles. The number of amides is 1. The lowest BCUT2D eigenvalue weighted by Gasteiger charge is -2.23. The number of carboxylic acid groups (broad SMARTS) is 1. The smallest absolute Gasteiger partial charge is 0.308 e. The van der Waals surface area contributed by atoms with Crippen molar-refractivity contribution in [2.24, 2.45) is 5.92 Å². The number of aliphatic carboxylic acids is 1. The van der Waals surface area contributed by atoms with Crippen LogP contribution in [0, 0.1) is 5.92 Å². The van der Waals surface area contributed by atoms with Gasteiger partial charge < -0.3 is 19.5 Å². The molecule has 1 aromatic carbocycles. The van der Waals surface area contributed by atoms with Crippen LogP contribution in [0.1, 0.15) is 23.7 Å². The van der Waals surface area contributed by atoms with Gasteiger partial charge in [0.15, 0.2) is 11.5 Å². The number of hydrogen-bond acceptors (Lipinski definition) is 4. The SMILES string of the molecule is CC1C(C(=O)O)CCN1C(=O)c1cc(Cl)c2c(c1)OCO2. The maximum atomic E-state index is 12.6. The molecule has 21 heavy (non-hydrogen) atoms. The van der Waals surface area contributed by atoms with Gasteiger partial charge in [-0.25, -0.2) is 0 Å². The summed E-state index contributed by atoms with van der Waals surface area (Å²) in [5.74, 6) is -0.773. The number of carbonyl (C=O) groups is 2. The number of ether oxygens (including phenoxy) is 2. The van der Waals surface area contributed by atoms with Crippen LogP contribution in [0.5, 0.6) is 11.5 Å². The average molecular weight is 312 g/mol. The molecule has 3 rings (SSSR count). The van der Waals surface area contributed by atoms with Crippen LogP contribution >= 0.6 is 11.6 Å². The molecule has 7 heteroatoms. The molecule has 6 nitrogen and oxygen atoms in total. The third-order valence-corrected chi connectivity index (χ3v) is 4.29. The van der Waals surface area contributed by atoms with Crippen LogP contribution in [0.2, 0.25) is 5.02 Å². The molecular formula is C14H14ClNO5. The van der Waals surface area contributed by atoms with Gasteiger partial charge in [0.05, 0.1) is 10.9 Å². The van der Waals surface area contributed by atoms with E-state index in [4.69, 9.17) is 26.2 Å².